The van der Waals surface area contributed by atoms with Gasteiger partial charge in [0, 0.05) is 13.5 Å². The van der Waals surface area contributed by atoms with Crippen LogP contribution in [0.1, 0.15) is 17.3 Å². The Bertz CT molecular complexity index is 675. The van der Waals surface area contributed by atoms with E-state index in [4.69, 9.17) is 11.6 Å². The number of rotatable bonds is 6. The van der Waals surface area contributed by atoms with E-state index in [1.807, 2.05) is 0 Å². The summed E-state index contributed by atoms with van der Waals surface area (Å²) in [4.78, 5) is 22.5. The van der Waals surface area contributed by atoms with Gasteiger partial charge < -0.3 is 10.1 Å². The van der Waals surface area contributed by atoms with E-state index >= 15 is 0 Å². The molecule has 9 heteroatoms. The van der Waals surface area contributed by atoms with Crippen LogP contribution >= 0.6 is 11.6 Å². The van der Waals surface area contributed by atoms with Crippen LogP contribution in [-0.2, 0) is 19.6 Å². The third-order valence-electron chi connectivity index (χ3n) is 2.73. The van der Waals surface area contributed by atoms with E-state index in [9.17, 15) is 18.0 Å². The molecule has 0 unspecified atom stereocenters. The molecule has 0 saturated heterocycles. The predicted octanol–water partition coefficient (Wildman–Crippen LogP) is 1.03. The highest BCUT2D eigenvalue weighted by molar-refractivity contribution is 7.92. The van der Waals surface area contributed by atoms with Gasteiger partial charge in [-0.25, -0.2) is 13.2 Å². The number of amides is 1. The molecule has 0 saturated carbocycles. The molecule has 1 rings (SSSR count). The second-order valence-electron chi connectivity index (χ2n) is 4.48. The second-order valence-corrected chi connectivity index (χ2v) is 6.79. The van der Waals surface area contributed by atoms with E-state index in [1.54, 1.807) is 0 Å². The summed E-state index contributed by atoms with van der Waals surface area (Å²) in [7, 11) is -2.42. The Morgan fingerprint density at radius 3 is 2.50 bits per heavy atom. The maximum absolute atomic E-state index is 11.9. The monoisotopic (exact) mass is 348 g/mol. The van der Waals surface area contributed by atoms with Crippen molar-refractivity contribution < 1.29 is 22.7 Å². The molecule has 0 bridgehead atoms. The molecule has 0 spiro atoms. The first-order chi connectivity index (χ1) is 10.2. The molecule has 0 radical (unpaired) electrons. The number of halogens is 1. The Hall–Kier alpha value is -1.80. The van der Waals surface area contributed by atoms with Crippen LogP contribution in [0.5, 0.6) is 0 Å². The molecule has 0 aliphatic carbocycles. The summed E-state index contributed by atoms with van der Waals surface area (Å²) >= 11 is 6.04. The zero-order valence-electron chi connectivity index (χ0n) is 12.4. The number of sulfonamides is 1. The summed E-state index contributed by atoms with van der Waals surface area (Å²) in [6, 6.07) is 4.19. The largest absolute Gasteiger partial charge is 0.465 e. The van der Waals surface area contributed by atoms with Crippen molar-refractivity contribution in [3.63, 3.8) is 0 Å². The van der Waals surface area contributed by atoms with Crippen LogP contribution in [0.15, 0.2) is 18.2 Å². The van der Waals surface area contributed by atoms with Crippen LogP contribution in [-0.4, -0.2) is 46.7 Å². The van der Waals surface area contributed by atoms with E-state index < -0.39 is 16.0 Å². The van der Waals surface area contributed by atoms with Crippen LogP contribution < -0.4 is 9.62 Å². The average Bonchev–Trinajstić information content (AvgIpc) is 2.42. The summed E-state index contributed by atoms with van der Waals surface area (Å²) in [6.45, 7) is 1.43. The molecule has 7 nitrogen and oxygen atoms in total. The van der Waals surface area contributed by atoms with Gasteiger partial charge in [-0.2, -0.15) is 0 Å². The van der Waals surface area contributed by atoms with Gasteiger partial charge in [0.1, 0.15) is 0 Å². The summed E-state index contributed by atoms with van der Waals surface area (Å²) in [5.74, 6) is -0.879. The van der Waals surface area contributed by atoms with Gasteiger partial charge in [0.05, 0.1) is 36.2 Å². The normalized spacial score (nSPS) is 10.9. The fourth-order valence-electron chi connectivity index (χ4n) is 1.75. The highest BCUT2D eigenvalue weighted by Crippen LogP contribution is 2.29. The minimum atomic E-state index is -3.64. The molecule has 0 fully saturated rings. The summed E-state index contributed by atoms with van der Waals surface area (Å²) < 4.78 is 29.5. The van der Waals surface area contributed by atoms with Crippen molar-refractivity contribution in [2.75, 3.05) is 30.8 Å². The first-order valence-electron chi connectivity index (χ1n) is 6.27. The third-order valence-corrected chi connectivity index (χ3v) is 4.22. The summed E-state index contributed by atoms with van der Waals surface area (Å²) in [5.41, 5.74) is 0.326. The summed E-state index contributed by atoms with van der Waals surface area (Å²) in [6.07, 6.45) is 1.02. The Morgan fingerprint density at radius 2 is 2.00 bits per heavy atom. The highest BCUT2D eigenvalue weighted by Gasteiger charge is 2.21. The van der Waals surface area contributed by atoms with Gasteiger partial charge in [0.15, 0.2) is 0 Å². The van der Waals surface area contributed by atoms with Gasteiger partial charge >= 0.3 is 5.97 Å². The number of carbonyl (C=O) groups excluding carboxylic acids is 2. The number of benzene rings is 1. The maximum atomic E-state index is 11.9. The molecule has 0 aliphatic heterocycles. The van der Waals surface area contributed by atoms with Gasteiger partial charge in [-0.05, 0) is 18.2 Å². The van der Waals surface area contributed by atoms with Crippen molar-refractivity contribution in [3.05, 3.63) is 28.8 Å². The fourth-order valence-corrected chi connectivity index (χ4v) is 2.95. The van der Waals surface area contributed by atoms with Crippen LogP contribution in [0.3, 0.4) is 0 Å². The van der Waals surface area contributed by atoms with Crippen molar-refractivity contribution in [3.8, 4) is 0 Å². The number of hydrogen-bond donors (Lipinski definition) is 1. The number of methoxy groups -OCH3 is 1. The summed E-state index contributed by atoms with van der Waals surface area (Å²) in [5, 5.41) is 2.67. The molecule has 0 aliphatic rings. The molecular weight excluding hydrogens is 332 g/mol. The quantitative estimate of drug-likeness (QED) is 0.775. The average molecular weight is 349 g/mol. The number of hydrogen-bond acceptors (Lipinski definition) is 5. The smallest absolute Gasteiger partial charge is 0.337 e. The Labute approximate surface area is 134 Å². The highest BCUT2D eigenvalue weighted by atomic mass is 35.5. The van der Waals surface area contributed by atoms with E-state index in [-0.39, 0.29) is 35.3 Å². The number of nitrogens with zero attached hydrogens (tertiary/aromatic N) is 1. The lowest BCUT2D eigenvalue weighted by Gasteiger charge is -2.24. The molecule has 0 aromatic heterocycles. The molecule has 0 heterocycles. The molecule has 122 valence electrons. The van der Waals surface area contributed by atoms with Crippen LogP contribution in [0.2, 0.25) is 5.02 Å². The van der Waals surface area contributed by atoms with Crippen LogP contribution in [0, 0.1) is 0 Å². The SMILES string of the molecule is COC(=O)c1ccc(Cl)c(N(CCNC(C)=O)S(C)(=O)=O)c1. The second kappa shape index (κ2) is 7.46. The Morgan fingerprint density at radius 1 is 1.36 bits per heavy atom. The van der Waals surface area contributed by atoms with E-state index in [0.29, 0.717) is 0 Å². The zero-order valence-corrected chi connectivity index (χ0v) is 14.0. The van der Waals surface area contributed by atoms with Crippen molar-refractivity contribution >= 4 is 39.2 Å². The topological polar surface area (TPSA) is 92.8 Å². The van der Waals surface area contributed by atoms with Crippen LogP contribution in [0.25, 0.3) is 0 Å². The van der Waals surface area contributed by atoms with Crippen molar-refractivity contribution in [2.45, 2.75) is 6.92 Å². The molecule has 0 atom stereocenters. The minimum Gasteiger partial charge on any atom is -0.465 e. The van der Waals surface area contributed by atoms with Gasteiger partial charge in [-0.15, -0.1) is 0 Å². The van der Waals surface area contributed by atoms with Crippen molar-refractivity contribution in [2.24, 2.45) is 0 Å². The number of esters is 1. The lowest BCUT2D eigenvalue weighted by molar-refractivity contribution is -0.118. The van der Waals surface area contributed by atoms with Crippen molar-refractivity contribution in [1.29, 1.82) is 0 Å². The van der Waals surface area contributed by atoms with Gasteiger partial charge in [-0.1, -0.05) is 11.6 Å². The Balaban J connectivity index is 3.18. The first kappa shape index (κ1) is 18.2. The van der Waals surface area contributed by atoms with E-state index in [1.165, 1.54) is 32.2 Å². The molecule has 1 N–H and O–H groups in total. The lowest BCUT2D eigenvalue weighted by Crippen LogP contribution is -2.37. The number of nitrogens with one attached hydrogen (secondary N) is 1. The minimum absolute atomic E-state index is 0.0112. The van der Waals surface area contributed by atoms with Crippen LogP contribution in [0.4, 0.5) is 5.69 Å². The van der Waals surface area contributed by atoms with E-state index in [0.717, 1.165) is 10.6 Å². The van der Waals surface area contributed by atoms with Gasteiger partial charge in [-0.3, -0.25) is 9.10 Å². The Kier molecular flexibility index (Phi) is 6.19. The number of carbonyl (C=O) groups is 2. The fraction of sp³-hybridized carbons (Fsp3) is 0.385. The number of ether oxygens (including phenoxy) is 1. The molecule has 1 amide bonds. The molecular formula is C13H17ClN2O5S. The first-order valence-corrected chi connectivity index (χ1v) is 8.49. The third kappa shape index (κ3) is 4.88. The van der Waals surface area contributed by atoms with Gasteiger partial charge in [0.25, 0.3) is 0 Å². The molecule has 22 heavy (non-hydrogen) atoms. The maximum Gasteiger partial charge on any atom is 0.337 e. The predicted molar refractivity (Wildman–Crippen MR) is 83.7 cm³/mol. The molecule has 1 aromatic carbocycles. The zero-order chi connectivity index (χ0) is 16.9. The number of anilines is 1. The van der Waals surface area contributed by atoms with E-state index in [2.05, 4.69) is 10.1 Å². The standard InChI is InChI=1S/C13H17ClN2O5S/c1-9(17)15-6-7-16(22(3,19)20)12-8-10(13(18)21-2)4-5-11(12)14/h4-5,8H,6-7H2,1-3H3,(H,15,17). The van der Waals surface area contributed by atoms with Gasteiger partial charge in [0.2, 0.25) is 15.9 Å². The lowest BCUT2D eigenvalue weighted by atomic mass is 10.2. The van der Waals surface area contributed by atoms with Crippen molar-refractivity contribution in [1.82, 2.24) is 5.32 Å². The molecule has 1 aromatic rings.